The van der Waals surface area contributed by atoms with Gasteiger partial charge in [0.1, 0.15) is 144 Å². The van der Waals surface area contributed by atoms with Gasteiger partial charge in [0.15, 0.2) is 5.79 Å². The molecule has 3 aliphatic carbocycles. The molecule has 8 rings (SSSR count). The molecule has 0 radical (unpaired) electrons. The molecule has 17 unspecified atom stereocenters. The molecule has 19 N–H and O–H groups in total. The smallest absolute Gasteiger partial charge is 0.195 e. The number of aliphatic hydroxyl groups is 19. The third-order valence-electron chi connectivity index (χ3n) is 24.3. The fraction of sp³-hybridized carbons (Fsp3) is 0.970. The number of hydrogen-bond acceptors (Lipinski definition) is 29. The van der Waals surface area contributed by atoms with Crippen LogP contribution in [-0.4, -0.2) is 331 Å². The molecule has 29 heteroatoms. The topological polar surface area (TPSA) is 477 Å². The van der Waals surface area contributed by atoms with E-state index >= 15 is 0 Å². The Bertz CT molecular complexity index is 2540. The molecule has 0 amide bonds. The molecule has 0 aromatic carbocycles. The Morgan fingerprint density at radius 3 is 1.46 bits per heavy atom. The minimum Gasteiger partial charge on any atom is -0.394 e. The van der Waals surface area contributed by atoms with Crippen LogP contribution in [0.5, 0.6) is 0 Å². The predicted octanol–water partition coefficient (Wildman–Crippen LogP) is -3.82. The SMILES string of the molecule is CC(CCC(OC[C@@]1(C)OC(COC[C@@]2(C)OC(CO)[C@H](O)C(O)[C@H]2O)[C@H](O)C(O)[C@H]1O[C@@]1(C)OC(CO)[C@H](O)C(O)[C@H]1O)C(C)(C)O)[C@H](C)C1CC(O)[C@]2(C)C3CCC(OC[C@]4(C)OC(COC[C@]5(C)OC(CO)[C@@H](O)[C@@H](O)C5O)[C@@H](O)[C@@H](O)C4O)C(C)(C)C3=CCC2[C@H]1C. The third-order valence-corrected chi connectivity index (χ3v) is 24.3. The van der Waals surface area contributed by atoms with Crippen LogP contribution < -0.4 is 0 Å². The van der Waals surface area contributed by atoms with Crippen molar-refractivity contribution >= 4 is 0 Å². The average Bonchev–Trinajstić information content (AvgIpc) is 0.714. The van der Waals surface area contributed by atoms with Crippen molar-refractivity contribution in [1.82, 2.24) is 0 Å². The standard InChI is InChI=1S/C67H118O29/c1-30(14-18-44(61(6,7)86)90-29-65(11)59(96-67(13)58(85)53(80)47(74)39(23-70)95-67)54(81)49(76)41(94-65)25-88-27-63(9)56(83)51(78)46(73)38(22-69)92-63)31(2)33-20-42(71)66(12)34(32(33)3)15-16-35-36(66)17-19-43(60(35,4)5)89-28-64(10)57(84)52(79)48(75)40(93-64)24-87-26-62(8)55(82)50(77)45(72)37(21-68)91-62/h16,30-34,36-59,68-86H,14-15,17-29H2,1-13H3/t30?,31-,32-,33?,34?,36?,37?,38?,39?,40?,41?,42?,43?,44?,45+,46-,47-,48+,49-,50+,51?,52+,53?,54?,55?,56+,57?,58+,59+,62-,63+,64-,65+,66-,67+/m0/s1. The number of ether oxygens (including phenoxy) is 10. The van der Waals surface area contributed by atoms with E-state index in [0.29, 0.717) is 38.5 Å². The molecule has 35 atom stereocenters. The largest absolute Gasteiger partial charge is 0.394 e. The molecule has 7 fully saturated rings. The highest BCUT2D eigenvalue weighted by molar-refractivity contribution is 5.29. The highest BCUT2D eigenvalue weighted by Crippen LogP contribution is 2.64. The molecular formula is C67H118O29. The van der Waals surface area contributed by atoms with Gasteiger partial charge in [-0.2, -0.15) is 0 Å². The van der Waals surface area contributed by atoms with E-state index in [-0.39, 0.29) is 61.4 Å². The van der Waals surface area contributed by atoms with Gasteiger partial charge in [0.05, 0.1) is 83.4 Å². The highest BCUT2D eigenvalue weighted by Gasteiger charge is 2.63. The second-order valence-electron chi connectivity index (χ2n) is 32.0. The molecule has 96 heavy (non-hydrogen) atoms. The second-order valence-corrected chi connectivity index (χ2v) is 32.0. The molecule has 5 saturated heterocycles. The molecular weight excluding hydrogens is 1270 g/mol. The van der Waals surface area contributed by atoms with Crippen LogP contribution in [0.1, 0.15) is 129 Å². The maximum atomic E-state index is 12.6. The summed E-state index contributed by atoms with van der Waals surface area (Å²) in [5.74, 6) is -1.79. The van der Waals surface area contributed by atoms with Crippen LogP contribution in [0.25, 0.3) is 0 Å². The summed E-state index contributed by atoms with van der Waals surface area (Å²) < 4.78 is 61.6. The van der Waals surface area contributed by atoms with Gasteiger partial charge in [0.25, 0.3) is 0 Å². The molecule has 0 bridgehead atoms. The summed E-state index contributed by atoms with van der Waals surface area (Å²) in [6.07, 6.45) is -28.3. The normalized spacial score (nSPS) is 50.2. The lowest BCUT2D eigenvalue weighted by atomic mass is 9.44. The first kappa shape index (κ1) is 80.3. The zero-order valence-corrected chi connectivity index (χ0v) is 58.0. The van der Waals surface area contributed by atoms with Crippen LogP contribution in [0.15, 0.2) is 11.6 Å². The van der Waals surface area contributed by atoms with Gasteiger partial charge in [0, 0.05) is 10.8 Å². The summed E-state index contributed by atoms with van der Waals surface area (Å²) in [4.78, 5) is 0. The van der Waals surface area contributed by atoms with Crippen molar-refractivity contribution in [1.29, 1.82) is 0 Å². The number of allylic oxidation sites excluding steroid dienone is 1. The van der Waals surface area contributed by atoms with Gasteiger partial charge < -0.3 is 144 Å². The maximum absolute atomic E-state index is 12.6. The molecule has 29 nitrogen and oxygen atoms in total. The first-order valence-electron chi connectivity index (χ1n) is 34.4. The molecule has 5 heterocycles. The van der Waals surface area contributed by atoms with E-state index in [1.165, 1.54) is 33.3 Å². The summed E-state index contributed by atoms with van der Waals surface area (Å²) in [7, 11) is 0. The Kier molecular flexibility index (Phi) is 25.4. The highest BCUT2D eigenvalue weighted by atomic mass is 16.7. The Morgan fingerprint density at radius 2 is 0.969 bits per heavy atom. The molecule has 0 spiro atoms. The van der Waals surface area contributed by atoms with Crippen LogP contribution in [0.4, 0.5) is 0 Å². The number of rotatable bonds is 25. The van der Waals surface area contributed by atoms with Crippen molar-refractivity contribution in [2.24, 2.45) is 46.3 Å². The van der Waals surface area contributed by atoms with E-state index in [1.54, 1.807) is 20.8 Å². The first-order chi connectivity index (χ1) is 44.5. The lowest BCUT2D eigenvalue weighted by Crippen LogP contribution is -2.72. The molecule has 2 saturated carbocycles. The number of aliphatic hydroxyl groups excluding tert-OH is 18. The molecule has 0 aromatic rings. The van der Waals surface area contributed by atoms with E-state index in [9.17, 15) is 97.0 Å². The van der Waals surface area contributed by atoms with Gasteiger partial charge in [-0.25, -0.2) is 0 Å². The number of hydrogen-bond donors (Lipinski definition) is 19. The average molecular weight is 1390 g/mol. The van der Waals surface area contributed by atoms with E-state index in [1.807, 2.05) is 0 Å². The summed E-state index contributed by atoms with van der Waals surface area (Å²) >= 11 is 0. The van der Waals surface area contributed by atoms with Crippen molar-refractivity contribution in [3.63, 3.8) is 0 Å². The van der Waals surface area contributed by atoms with E-state index in [4.69, 9.17) is 47.4 Å². The van der Waals surface area contributed by atoms with Crippen LogP contribution in [0.2, 0.25) is 0 Å². The zero-order chi connectivity index (χ0) is 71.7. The van der Waals surface area contributed by atoms with Gasteiger partial charge in [-0.05, 0) is 122 Å². The molecule has 5 aliphatic heterocycles. The fourth-order valence-electron chi connectivity index (χ4n) is 17.5. The van der Waals surface area contributed by atoms with Crippen molar-refractivity contribution in [2.75, 3.05) is 59.5 Å². The summed E-state index contributed by atoms with van der Waals surface area (Å²) in [5, 5.41) is 207. The molecule has 8 aliphatic rings. The first-order valence-corrected chi connectivity index (χ1v) is 34.4. The summed E-state index contributed by atoms with van der Waals surface area (Å²) in [6.45, 7) is 18.9. The Morgan fingerprint density at radius 1 is 0.531 bits per heavy atom. The van der Waals surface area contributed by atoms with E-state index < -0.39 is 219 Å². The van der Waals surface area contributed by atoms with E-state index in [0.717, 1.165) is 0 Å². The van der Waals surface area contributed by atoms with Gasteiger partial charge in [-0.3, -0.25) is 0 Å². The van der Waals surface area contributed by atoms with Crippen LogP contribution in [-0.2, 0) is 47.4 Å². The third kappa shape index (κ3) is 15.3. The summed E-state index contributed by atoms with van der Waals surface area (Å²) in [6, 6.07) is 0. The van der Waals surface area contributed by atoms with Crippen LogP contribution >= 0.6 is 0 Å². The lowest BCUT2D eigenvalue weighted by Gasteiger charge is -2.62. The van der Waals surface area contributed by atoms with Gasteiger partial charge >= 0.3 is 0 Å². The van der Waals surface area contributed by atoms with E-state index in [2.05, 4.69) is 47.6 Å². The molecule has 0 aromatic heterocycles. The fourth-order valence-corrected chi connectivity index (χ4v) is 17.5. The lowest BCUT2D eigenvalue weighted by molar-refractivity contribution is -0.402. The Labute approximate surface area is 562 Å². The minimum atomic E-state index is -2.25. The van der Waals surface area contributed by atoms with Crippen molar-refractivity contribution in [3.8, 4) is 0 Å². The van der Waals surface area contributed by atoms with Crippen LogP contribution in [0.3, 0.4) is 0 Å². The second kappa shape index (κ2) is 30.3. The Hall–Kier alpha value is -1.42. The quantitative estimate of drug-likeness (QED) is 0.0390. The van der Waals surface area contributed by atoms with Crippen molar-refractivity contribution in [3.05, 3.63) is 11.6 Å². The predicted molar refractivity (Wildman–Crippen MR) is 336 cm³/mol. The van der Waals surface area contributed by atoms with Crippen molar-refractivity contribution in [2.45, 2.75) is 303 Å². The van der Waals surface area contributed by atoms with Gasteiger partial charge in [-0.15, -0.1) is 0 Å². The van der Waals surface area contributed by atoms with Gasteiger partial charge in [0.2, 0.25) is 0 Å². The van der Waals surface area contributed by atoms with Crippen LogP contribution in [0, 0.1) is 46.3 Å². The van der Waals surface area contributed by atoms with Crippen molar-refractivity contribution < 1.29 is 144 Å². The Balaban J connectivity index is 0.914. The summed E-state index contributed by atoms with van der Waals surface area (Å²) in [5.41, 5.74) is -7.99. The minimum absolute atomic E-state index is 0.00491. The maximum Gasteiger partial charge on any atom is 0.195 e. The number of fused-ring (bicyclic) bond motifs is 3. The monoisotopic (exact) mass is 1390 g/mol. The zero-order valence-electron chi connectivity index (χ0n) is 58.0. The molecule has 560 valence electrons. The van der Waals surface area contributed by atoms with Gasteiger partial charge in [-0.1, -0.05) is 53.2 Å².